The molecule has 149 valence electrons. The van der Waals surface area contributed by atoms with Gasteiger partial charge < -0.3 is 4.79 Å². The largest absolute Gasteiger partial charge is 0.311 e. The van der Waals surface area contributed by atoms with Crippen molar-refractivity contribution in [2.75, 3.05) is 0 Å². The number of hydrogen-bond acceptors (Lipinski definition) is 4. The number of fused-ring (bicyclic) bond motifs is 1. The second-order valence-electron chi connectivity index (χ2n) is 11.2. The molecule has 0 amide bonds. The van der Waals surface area contributed by atoms with Crippen molar-refractivity contribution in [2.45, 2.75) is 98.2 Å². The summed E-state index contributed by atoms with van der Waals surface area (Å²) in [5, 5.41) is -1.29. The van der Waals surface area contributed by atoms with Crippen LogP contribution in [0.4, 0.5) is 0 Å². The molecule has 1 saturated heterocycles. The lowest BCUT2D eigenvalue weighted by Gasteiger charge is -2.46. The molecule has 1 aliphatic heterocycles. The first-order valence-corrected chi connectivity index (χ1v) is 11.2. The van der Waals surface area contributed by atoms with E-state index in [1.54, 1.807) is 14.2 Å². The summed E-state index contributed by atoms with van der Waals surface area (Å²) in [7, 11) is -1.85. The molecule has 0 bridgehead atoms. The maximum absolute atomic E-state index is 13.6. The van der Waals surface area contributed by atoms with E-state index in [9.17, 15) is 13.2 Å². The Morgan fingerprint density at radius 1 is 1.12 bits per heavy atom. The number of carbonyl (C=O) groups excluding carboxylic acids is 1. The fourth-order valence-corrected chi connectivity index (χ4v) is 7.20. The molecule has 0 aromatic carbocycles. The highest BCUT2D eigenvalue weighted by Crippen LogP contribution is 2.60. The van der Waals surface area contributed by atoms with Crippen molar-refractivity contribution in [1.82, 2.24) is 0 Å². The molecule has 5 atom stereocenters. The van der Waals surface area contributed by atoms with Crippen LogP contribution in [0.15, 0.2) is 0 Å². The third kappa shape index (κ3) is 3.65. The summed E-state index contributed by atoms with van der Waals surface area (Å²) in [4.78, 5) is 13.6. The van der Waals surface area contributed by atoms with Gasteiger partial charge in [-0.3, -0.25) is 4.18 Å². The molecule has 0 aromatic heterocycles. The smallest absolute Gasteiger partial charge is 0.270 e. The maximum atomic E-state index is 13.6. The third-order valence-corrected chi connectivity index (χ3v) is 8.67. The number of carbonyl (C=O) groups is 1. The summed E-state index contributed by atoms with van der Waals surface area (Å²) in [5.74, 6) is 0.272. The summed E-state index contributed by atoms with van der Waals surface area (Å²) in [6, 6.07) is 0. The predicted octanol–water partition coefficient (Wildman–Crippen LogP) is 4.41. The minimum atomic E-state index is -3.61. The fourth-order valence-electron chi connectivity index (χ4n) is 5.03. The molecule has 1 heterocycles. The normalized spacial score (nSPS) is 36.4. The highest BCUT2D eigenvalue weighted by atomic mass is 32.2. The van der Waals surface area contributed by atoms with Crippen LogP contribution in [0.25, 0.3) is 0 Å². The van der Waals surface area contributed by atoms with E-state index >= 15 is 0 Å². The molecule has 0 aromatic rings. The van der Waals surface area contributed by atoms with Crippen LogP contribution in [0.3, 0.4) is 0 Å². The van der Waals surface area contributed by atoms with Gasteiger partial charge in [0.15, 0.2) is 0 Å². The Labute approximate surface area is 161 Å². The van der Waals surface area contributed by atoms with Crippen LogP contribution in [0.2, 0.25) is 5.31 Å². The SMILES string of the molecule is CC1CC2C([B]C(=O)C(C)(CC(C)(C)C)C(C)(C)C)(C1)C(C)OS2(=O)=O. The van der Waals surface area contributed by atoms with Crippen LogP contribution in [0.1, 0.15) is 81.6 Å². The average Bonchev–Trinajstić information content (AvgIpc) is 2.80. The van der Waals surface area contributed by atoms with Crippen molar-refractivity contribution in [2.24, 2.45) is 22.2 Å². The van der Waals surface area contributed by atoms with E-state index in [1.807, 2.05) is 6.92 Å². The first-order chi connectivity index (χ1) is 11.4. The maximum Gasteiger partial charge on any atom is 0.270 e. The highest BCUT2D eigenvalue weighted by molar-refractivity contribution is 7.87. The quantitative estimate of drug-likeness (QED) is 0.533. The van der Waals surface area contributed by atoms with Crippen LogP contribution in [-0.2, 0) is 19.1 Å². The van der Waals surface area contributed by atoms with E-state index < -0.39 is 32.2 Å². The van der Waals surface area contributed by atoms with E-state index in [0.717, 1.165) is 6.42 Å². The molecular weight excluding hydrogens is 347 g/mol. The van der Waals surface area contributed by atoms with E-state index in [4.69, 9.17) is 4.18 Å². The van der Waals surface area contributed by atoms with Gasteiger partial charge in [0.1, 0.15) is 0 Å². The van der Waals surface area contributed by atoms with Crippen molar-refractivity contribution in [3.63, 3.8) is 0 Å². The molecule has 26 heavy (non-hydrogen) atoms. The molecule has 0 spiro atoms. The van der Waals surface area contributed by atoms with Gasteiger partial charge >= 0.3 is 0 Å². The zero-order valence-corrected chi connectivity index (χ0v) is 18.8. The molecular formula is C20H36BO4S. The van der Waals surface area contributed by atoms with Crippen LogP contribution >= 0.6 is 0 Å². The summed E-state index contributed by atoms with van der Waals surface area (Å²) < 4.78 is 30.4. The van der Waals surface area contributed by atoms with E-state index in [1.165, 1.54) is 0 Å². The van der Waals surface area contributed by atoms with Gasteiger partial charge in [0.2, 0.25) is 7.28 Å². The summed E-state index contributed by atoms with van der Waals surface area (Å²) in [5.41, 5.74) is -0.740. The van der Waals surface area contributed by atoms with Crippen molar-refractivity contribution < 1.29 is 17.4 Å². The molecule has 2 rings (SSSR count). The molecule has 2 aliphatic rings. The lowest BCUT2D eigenvalue weighted by Crippen LogP contribution is -2.50. The zero-order chi connectivity index (χ0) is 20.3. The standard InChI is InChI=1S/C20H36BO4S/c1-13-10-15-20(11-13,14(2)25-26(15,23)24)21-16(22)19(9,18(6,7)8)12-17(3,4)5/h13-15H,10-12H2,1-9H3. The van der Waals surface area contributed by atoms with Crippen LogP contribution in [0.5, 0.6) is 0 Å². The van der Waals surface area contributed by atoms with Gasteiger partial charge in [-0.15, -0.1) is 0 Å². The van der Waals surface area contributed by atoms with Gasteiger partial charge in [0.05, 0.1) is 17.0 Å². The van der Waals surface area contributed by atoms with Crippen LogP contribution in [-0.4, -0.2) is 32.7 Å². The Hall–Kier alpha value is -0.355. The Kier molecular flexibility index (Phi) is 5.34. The molecule has 2 fully saturated rings. The molecule has 1 aliphatic carbocycles. The molecule has 1 radical (unpaired) electrons. The van der Waals surface area contributed by atoms with Gasteiger partial charge in [-0.25, -0.2) is 0 Å². The third-order valence-electron chi connectivity index (χ3n) is 6.78. The Morgan fingerprint density at radius 2 is 1.65 bits per heavy atom. The topological polar surface area (TPSA) is 60.4 Å². The lowest BCUT2D eigenvalue weighted by molar-refractivity contribution is -0.128. The van der Waals surface area contributed by atoms with Gasteiger partial charge in [0.25, 0.3) is 10.1 Å². The second kappa shape index (κ2) is 6.33. The molecule has 4 nitrogen and oxygen atoms in total. The fraction of sp³-hybridized carbons (Fsp3) is 0.950. The number of rotatable bonds is 4. The van der Waals surface area contributed by atoms with Crippen LogP contribution in [0, 0.1) is 22.2 Å². The van der Waals surface area contributed by atoms with Crippen molar-refractivity contribution in [1.29, 1.82) is 0 Å². The first-order valence-electron chi connectivity index (χ1n) is 9.77. The van der Waals surface area contributed by atoms with E-state index in [-0.39, 0.29) is 22.4 Å². The molecule has 0 N–H and O–H groups in total. The van der Waals surface area contributed by atoms with Crippen LogP contribution < -0.4 is 0 Å². The van der Waals surface area contributed by atoms with Gasteiger partial charge in [0, 0.05) is 5.41 Å². The van der Waals surface area contributed by atoms with Crippen molar-refractivity contribution >= 4 is 23.1 Å². The van der Waals surface area contributed by atoms with Gasteiger partial charge in [-0.05, 0) is 48.2 Å². The molecule has 1 saturated carbocycles. The predicted molar refractivity (Wildman–Crippen MR) is 107 cm³/mol. The van der Waals surface area contributed by atoms with Gasteiger partial charge in [-0.2, -0.15) is 8.42 Å². The Balaban J connectivity index is 2.42. The Morgan fingerprint density at radius 3 is 2.12 bits per heavy atom. The van der Waals surface area contributed by atoms with Crippen molar-refractivity contribution in [3.8, 4) is 0 Å². The monoisotopic (exact) mass is 383 g/mol. The summed E-state index contributed by atoms with van der Waals surface area (Å²) in [6.45, 7) is 18.7. The lowest BCUT2D eigenvalue weighted by atomic mass is 9.39. The number of hydrogen-bond donors (Lipinski definition) is 0. The summed E-state index contributed by atoms with van der Waals surface area (Å²) >= 11 is 0. The van der Waals surface area contributed by atoms with E-state index in [2.05, 4.69) is 48.5 Å². The molecule has 6 heteroatoms. The minimum Gasteiger partial charge on any atom is -0.311 e. The summed E-state index contributed by atoms with van der Waals surface area (Å²) in [6.07, 6.45) is 1.53. The zero-order valence-electron chi connectivity index (χ0n) is 18.0. The first kappa shape index (κ1) is 21.9. The average molecular weight is 383 g/mol. The molecule has 5 unspecified atom stereocenters. The Bertz CT molecular complexity index is 673. The van der Waals surface area contributed by atoms with Gasteiger partial charge in [-0.1, -0.05) is 55.4 Å². The highest BCUT2D eigenvalue weighted by Gasteiger charge is 2.64. The van der Waals surface area contributed by atoms with E-state index in [0.29, 0.717) is 12.8 Å². The minimum absolute atomic E-state index is 0.00453. The second-order valence-corrected chi connectivity index (χ2v) is 13.0. The van der Waals surface area contributed by atoms with Crippen molar-refractivity contribution in [3.05, 3.63) is 0 Å².